The number of carbonyl (C=O) groups is 2. The van der Waals surface area contributed by atoms with Crippen LogP contribution in [0.15, 0.2) is 54.6 Å². The van der Waals surface area contributed by atoms with Crippen LogP contribution < -0.4 is 0 Å². The Morgan fingerprint density at radius 1 is 1.06 bits per heavy atom. The molecule has 8 heteroatoms. The van der Waals surface area contributed by atoms with E-state index in [-0.39, 0.29) is 12.2 Å². The van der Waals surface area contributed by atoms with Crippen molar-refractivity contribution < 1.29 is 33.4 Å². The maximum absolute atomic E-state index is 13.8. The molecule has 0 spiro atoms. The van der Waals surface area contributed by atoms with Gasteiger partial charge in [0.1, 0.15) is 17.5 Å². The molecule has 0 bridgehead atoms. The Balaban J connectivity index is 2.21. The van der Waals surface area contributed by atoms with Crippen LogP contribution in [0, 0.1) is 0 Å². The molecular weight excluding hydrogens is 404 g/mol. The minimum atomic E-state index is -1.27. The van der Waals surface area contributed by atoms with Crippen molar-refractivity contribution in [3.63, 3.8) is 0 Å². The van der Waals surface area contributed by atoms with Crippen LogP contribution in [0.1, 0.15) is 44.9 Å². The fourth-order valence-corrected chi connectivity index (χ4v) is 2.74. The van der Waals surface area contributed by atoms with Crippen LogP contribution in [0.25, 0.3) is 0 Å². The molecule has 0 saturated carbocycles. The van der Waals surface area contributed by atoms with E-state index in [1.165, 1.54) is 12.1 Å². The van der Waals surface area contributed by atoms with Crippen LogP contribution in [0.2, 0.25) is 0 Å². The monoisotopic (exact) mass is 432 g/mol. The largest absolute Gasteiger partial charge is 0.528 e. The molecule has 1 N–H and O–H groups in total. The lowest BCUT2D eigenvalue weighted by Crippen LogP contribution is -2.45. The molecule has 0 fully saturated rings. The number of hydrogen-bond donors (Lipinski definition) is 1. The van der Waals surface area contributed by atoms with E-state index in [2.05, 4.69) is 0 Å². The Kier molecular flexibility index (Phi) is 8.38. The van der Waals surface area contributed by atoms with Crippen LogP contribution in [0.4, 0.5) is 9.18 Å². The van der Waals surface area contributed by atoms with Gasteiger partial charge in [0.25, 0.3) is 0 Å². The molecule has 168 valence electrons. The van der Waals surface area contributed by atoms with Crippen molar-refractivity contribution in [2.45, 2.75) is 51.9 Å². The first-order valence-corrected chi connectivity index (χ1v) is 9.86. The number of phenolic OH excluding ortho intramolecular Hbond substituents is 1. The Hall–Kier alpha value is -3.13. The molecule has 0 aliphatic heterocycles. The first-order chi connectivity index (χ1) is 14.6. The molecule has 0 aliphatic rings. The summed E-state index contributed by atoms with van der Waals surface area (Å²) < 4.78 is 24.4. The van der Waals surface area contributed by atoms with Gasteiger partial charge in [0.2, 0.25) is 0 Å². The van der Waals surface area contributed by atoms with Gasteiger partial charge < -0.3 is 19.4 Å². The number of alkyl halides is 1. The zero-order valence-electron chi connectivity index (χ0n) is 18.1. The first-order valence-electron chi connectivity index (χ1n) is 9.86. The van der Waals surface area contributed by atoms with E-state index < -0.39 is 36.7 Å². The maximum atomic E-state index is 13.8. The SMILES string of the molecule is CC(OC(=O)[C@@H](Cc1ccc(O)cc1)N(C[18F])OC(=O)OC(C)(C)C)c1ccccc1. The van der Waals surface area contributed by atoms with Crippen LogP contribution in [-0.2, 0) is 25.5 Å². The number of nitrogens with zero attached hydrogens (tertiary/aromatic N) is 1. The molecule has 0 aromatic heterocycles. The lowest BCUT2D eigenvalue weighted by Gasteiger charge is -2.28. The fraction of sp³-hybridized carbons (Fsp3) is 0.391. The summed E-state index contributed by atoms with van der Waals surface area (Å²) in [5.41, 5.74) is 0.519. The number of halogens is 1. The van der Waals surface area contributed by atoms with E-state index in [1.807, 2.05) is 18.2 Å². The highest BCUT2D eigenvalue weighted by Crippen LogP contribution is 2.21. The molecule has 0 heterocycles. The van der Waals surface area contributed by atoms with Gasteiger partial charge in [-0.05, 0) is 51.0 Å². The predicted molar refractivity (Wildman–Crippen MR) is 112 cm³/mol. The van der Waals surface area contributed by atoms with Crippen molar-refractivity contribution >= 4 is 12.1 Å². The van der Waals surface area contributed by atoms with Gasteiger partial charge in [-0.1, -0.05) is 47.5 Å². The average molecular weight is 432 g/mol. The van der Waals surface area contributed by atoms with Crippen molar-refractivity contribution in [3.8, 4) is 5.75 Å². The van der Waals surface area contributed by atoms with Gasteiger partial charge in [-0.15, -0.1) is 0 Å². The van der Waals surface area contributed by atoms with Gasteiger partial charge in [-0.3, -0.25) is 4.79 Å². The molecule has 0 saturated heterocycles. The zero-order chi connectivity index (χ0) is 23.0. The molecule has 0 radical (unpaired) electrons. The first kappa shape index (κ1) is 24.1. The maximum Gasteiger partial charge on any atom is 0.528 e. The number of phenols is 1. The van der Waals surface area contributed by atoms with Crippen molar-refractivity contribution in [2.24, 2.45) is 0 Å². The van der Waals surface area contributed by atoms with Gasteiger partial charge in [0.05, 0.1) is 0 Å². The zero-order valence-corrected chi connectivity index (χ0v) is 18.1. The second-order valence-electron chi connectivity index (χ2n) is 7.97. The average Bonchev–Trinajstić information content (AvgIpc) is 2.71. The second kappa shape index (κ2) is 10.8. The quantitative estimate of drug-likeness (QED) is 0.367. The number of carbonyl (C=O) groups excluding carboxylic acids is 2. The fourth-order valence-electron chi connectivity index (χ4n) is 2.74. The topological polar surface area (TPSA) is 85.3 Å². The molecule has 0 amide bonds. The van der Waals surface area contributed by atoms with Crippen LogP contribution in [-0.4, -0.2) is 40.7 Å². The minimum absolute atomic E-state index is 0.0205. The highest BCUT2D eigenvalue weighted by atomic mass is 18.2. The van der Waals surface area contributed by atoms with Crippen molar-refractivity contribution in [3.05, 3.63) is 65.7 Å². The summed E-state index contributed by atoms with van der Waals surface area (Å²) >= 11 is 0. The molecule has 2 aromatic rings. The number of benzene rings is 2. The number of ether oxygens (including phenoxy) is 2. The Morgan fingerprint density at radius 3 is 2.23 bits per heavy atom. The van der Waals surface area contributed by atoms with Gasteiger partial charge in [0, 0.05) is 6.42 Å². The van der Waals surface area contributed by atoms with Crippen molar-refractivity contribution in [1.29, 1.82) is 0 Å². The molecule has 7 nitrogen and oxygen atoms in total. The summed E-state index contributed by atoms with van der Waals surface area (Å²) in [4.78, 5) is 30.0. The standard InChI is InChI=1S/C23H28FNO6/c1-16(18-8-6-5-7-9-18)29-21(27)20(14-17-10-12-19(26)13-11-17)25(15-24)31-22(28)30-23(2,3)4/h5-13,16,20,26H,14-15H2,1-4H3/t16?,20-/m1/s1/i24-1. The van der Waals surface area contributed by atoms with Crippen LogP contribution in [0.5, 0.6) is 5.75 Å². The van der Waals surface area contributed by atoms with Gasteiger partial charge in [-0.2, -0.15) is 0 Å². The van der Waals surface area contributed by atoms with E-state index in [4.69, 9.17) is 14.3 Å². The summed E-state index contributed by atoms with van der Waals surface area (Å²) in [6.45, 7) is 5.35. The number of hydroxylamine groups is 2. The Labute approximate surface area is 181 Å². The highest BCUT2D eigenvalue weighted by Gasteiger charge is 2.33. The lowest BCUT2D eigenvalue weighted by atomic mass is 10.1. The van der Waals surface area contributed by atoms with Crippen molar-refractivity contribution in [2.75, 3.05) is 6.80 Å². The molecule has 2 aromatic carbocycles. The second-order valence-corrected chi connectivity index (χ2v) is 7.97. The van der Waals surface area contributed by atoms with Gasteiger partial charge in [0.15, 0.2) is 12.8 Å². The Bertz CT molecular complexity index is 851. The highest BCUT2D eigenvalue weighted by molar-refractivity contribution is 5.76. The summed E-state index contributed by atoms with van der Waals surface area (Å²) in [6.07, 6.45) is -1.75. The Morgan fingerprint density at radius 2 is 1.68 bits per heavy atom. The summed E-state index contributed by atoms with van der Waals surface area (Å²) in [6, 6.07) is 13.9. The van der Waals surface area contributed by atoms with Crippen LogP contribution in [0.3, 0.4) is 0 Å². The van der Waals surface area contributed by atoms with Gasteiger partial charge in [-0.25, -0.2) is 9.18 Å². The van der Waals surface area contributed by atoms with E-state index in [9.17, 15) is 19.1 Å². The van der Waals surface area contributed by atoms with E-state index in [0.717, 1.165) is 5.56 Å². The third-order valence-electron chi connectivity index (χ3n) is 4.25. The third kappa shape index (κ3) is 7.90. The summed E-state index contributed by atoms with van der Waals surface area (Å²) in [5, 5.41) is 10.1. The smallest absolute Gasteiger partial charge is 0.508 e. The van der Waals surface area contributed by atoms with E-state index >= 15 is 0 Å². The van der Waals surface area contributed by atoms with Gasteiger partial charge >= 0.3 is 12.1 Å². The lowest BCUT2D eigenvalue weighted by molar-refractivity contribution is -0.201. The summed E-state index contributed by atoms with van der Waals surface area (Å²) in [7, 11) is 0. The number of aromatic hydroxyl groups is 1. The molecule has 2 rings (SSSR count). The molecule has 1 unspecified atom stereocenters. The van der Waals surface area contributed by atoms with Crippen LogP contribution >= 0.6 is 0 Å². The van der Waals surface area contributed by atoms with E-state index in [0.29, 0.717) is 10.6 Å². The molecular formula is C23H28FNO6. The molecule has 31 heavy (non-hydrogen) atoms. The number of esters is 1. The van der Waals surface area contributed by atoms with Crippen molar-refractivity contribution in [1.82, 2.24) is 5.06 Å². The minimum Gasteiger partial charge on any atom is -0.508 e. The normalized spacial score (nSPS) is 13.4. The number of hydrogen-bond acceptors (Lipinski definition) is 7. The predicted octanol–water partition coefficient (Wildman–Crippen LogP) is 4.70. The molecule has 0 aliphatic carbocycles. The number of rotatable bonds is 8. The summed E-state index contributed by atoms with van der Waals surface area (Å²) in [5.74, 6) is -0.724. The third-order valence-corrected chi connectivity index (χ3v) is 4.25. The van der Waals surface area contributed by atoms with E-state index in [1.54, 1.807) is 52.0 Å². The molecule has 2 atom stereocenters.